The fourth-order valence-corrected chi connectivity index (χ4v) is 3.19. The molecule has 2 aromatic rings. The molecule has 0 N–H and O–H groups in total. The van der Waals surface area contributed by atoms with Gasteiger partial charge in [0.05, 0.1) is 23.0 Å². The molecular formula is C18H22ClN5O2. The van der Waals surface area contributed by atoms with Crippen molar-refractivity contribution in [1.29, 1.82) is 0 Å². The minimum absolute atomic E-state index is 0.0369. The van der Waals surface area contributed by atoms with Gasteiger partial charge in [0, 0.05) is 38.6 Å². The summed E-state index contributed by atoms with van der Waals surface area (Å²) in [7, 11) is 0. The average molecular weight is 376 g/mol. The molecule has 26 heavy (non-hydrogen) atoms. The van der Waals surface area contributed by atoms with E-state index in [0.29, 0.717) is 37.4 Å². The van der Waals surface area contributed by atoms with Gasteiger partial charge in [-0.25, -0.2) is 4.68 Å². The van der Waals surface area contributed by atoms with Gasteiger partial charge in [-0.2, -0.15) is 5.10 Å². The number of halogens is 1. The topological polar surface area (TPSA) is 71.3 Å². The highest BCUT2D eigenvalue weighted by Gasteiger charge is 2.26. The van der Waals surface area contributed by atoms with Gasteiger partial charge in [0.15, 0.2) is 0 Å². The van der Waals surface area contributed by atoms with Crippen LogP contribution in [0.5, 0.6) is 0 Å². The van der Waals surface area contributed by atoms with E-state index in [1.165, 1.54) is 4.68 Å². The highest BCUT2D eigenvalue weighted by molar-refractivity contribution is 6.33. The Labute approximate surface area is 157 Å². The van der Waals surface area contributed by atoms with E-state index in [2.05, 4.69) is 10.1 Å². The first kappa shape index (κ1) is 18.4. The van der Waals surface area contributed by atoms with Crippen LogP contribution in [0, 0.1) is 0 Å². The number of nitrogens with zero attached hydrogens (tertiary/aromatic N) is 5. The largest absolute Gasteiger partial charge is 0.365 e. The third-order valence-corrected chi connectivity index (χ3v) is 4.71. The minimum atomic E-state index is -0.436. The van der Waals surface area contributed by atoms with E-state index in [-0.39, 0.29) is 16.5 Å². The number of carbonyl (C=O) groups is 1. The normalized spacial score (nSPS) is 15.2. The molecule has 3 heterocycles. The second-order valence-corrected chi connectivity index (χ2v) is 7.63. The smallest absolute Gasteiger partial charge is 0.288 e. The molecule has 0 aromatic carbocycles. The Morgan fingerprint density at radius 3 is 2.42 bits per heavy atom. The monoisotopic (exact) mass is 375 g/mol. The summed E-state index contributed by atoms with van der Waals surface area (Å²) in [6.07, 6.45) is 4.85. The van der Waals surface area contributed by atoms with Crippen LogP contribution in [0.4, 0.5) is 5.69 Å². The summed E-state index contributed by atoms with van der Waals surface area (Å²) in [6, 6.07) is 3.51. The number of anilines is 1. The fraction of sp³-hybridized carbons (Fsp3) is 0.444. The summed E-state index contributed by atoms with van der Waals surface area (Å²) in [5.74, 6) is -0.0369. The van der Waals surface area contributed by atoms with Gasteiger partial charge in [0.1, 0.15) is 5.02 Å². The van der Waals surface area contributed by atoms with Crippen molar-refractivity contribution in [1.82, 2.24) is 19.7 Å². The molecule has 0 spiro atoms. The summed E-state index contributed by atoms with van der Waals surface area (Å²) in [4.78, 5) is 32.8. The quantitative estimate of drug-likeness (QED) is 0.803. The van der Waals surface area contributed by atoms with E-state index in [9.17, 15) is 9.59 Å². The number of piperazine rings is 1. The van der Waals surface area contributed by atoms with Crippen LogP contribution >= 0.6 is 11.6 Å². The Balaban J connectivity index is 1.74. The summed E-state index contributed by atoms with van der Waals surface area (Å²) in [5.41, 5.74) is 0.457. The van der Waals surface area contributed by atoms with Crippen molar-refractivity contribution in [3.8, 4) is 0 Å². The van der Waals surface area contributed by atoms with Gasteiger partial charge in [-0.3, -0.25) is 14.6 Å². The summed E-state index contributed by atoms with van der Waals surface area (Å²) in [6.45, 7) is 7.98. The second kappa shape index (κ2) is 7.07. The first-order valence-corrected chi connectivity index (χ1v) is 8.89. The second-order valence-electron chi connectivity index (χ2n) is 7.25. The van der Waals surface area contributed by atoms with Crippen LogP contribution in [-0.2, 0) is 5.54 Å². The van der Waals surface area contributed by atoms with E-state index in [4.69, 9.17) is 11.6 Å². The SMILES string of the molecule is CC(C)(C)n1ncc(N2CCN(C(=O)c3cccnc3)CC2)c(Cl)c1=O. The lowest BCUT2D eigenvalue weighted by molar-refractivity contribution is 0.0746. The molecule has 2 aromatic heterocycles. The van der Waals surface area contributed by atoms with Gasteiger partial charge in [-0.1, -0.05) is 11.6 Å². The number of hydrogen-bond acceptors (Lipinski definition) is 5. The van der Waals surface area contributed by atoms with Crippen LogP contribution in [0.15, 0.2) is 35.5 Å². The van der Waals surface area contributed by atoms with Crippen molar-refractivity contribution in [3.63, 3.8) is 0 Å². The molecule has 0 aliphatic carbocycles. The Morgan fingerprint density at radius 2 is 1.85 bits per heavy atom. The average Bonchev–Trinajstić information content (AvgIpc) is 2.63. The van der Waals surface area contributed by atoms with Gasteiger partial charge in [-0.05, 0) is 32.9 Å². The Bertz CT molecular complexity index is 852. The number of amides is 1. The molecule has 8 heteroatoms. The summed E-state index contributed by atoms with van der Waals surface area (Å²) in [5, 5.41) is 4.44. The zero-order valence-electron chi connectivity index (χ0n) is 15.1. The minimum Gasteiger partial charge on any atom is -0.365 e. The van der Waals surface area contributed by atoms with Crippen LogP contribution in [0.1, 0.15) is 31.1 Å². The summed E-state index contributed by atoms with van der Waals surface area (Å²) < 4.78 is 1.39. The molecule has 1 saturated heterocycles. The zero-order valence-corrected chi connectivity index (χ0v) is 15.9. The lowest BCUT2D eigenvalue weighted by Crippen LogP contribution is -2.49. The molecule has 0 radical (unpaired) electrons. The van der Waals surface area contributed by atoms with Gasteiger partial charge in [-0.15, -0.1) is 0 Å². The standard InChI is InChI=1S/C18H22ClN5O2/c1-18(2,3)24-17(26)15(19)14(12-21-24)22-7-9-23(10-8-22)16(25)13-5-4-6-20-11-13/h4-6,11-12H,7-10H2,1-3H3. The molecule has 1 aliphatic heterocycles. The fourth-order valence-electron chi connectivity index (χ4n) is 2.94. The number of carbonyl (C=O) groups excluding carboxylic acids is 1. The number of pyridine rings is 1. The third-order valence-electron chi connectivity index (χ3n) is 4.35. The summed E-state index contributed by atoms with van der Waals surface area (Å²) >= 11 is 6.33. The number of hydrogen-bond donors (Lipinski definition) is 0. The van der Waals surface area contributed by atoms with Crippen molar-refractivity contribution in [2.75, 3.05) is 31.1 Å². The first-order valence-electron chi connectivity index (χ1n) is 8.51. The lowest BCUT2D eigenvalue weighted by Gasteiger charge is -2.36. The van der Waals surface area contributed by atoms with Crippen molar-refractivity contribution in [2.24, 2.45) is 0 Å². The van der Waals surface area contributed by atoms with Crippen molar-refractivity contribution >= 4 is 23.2 Å². The van der Waals surface area contributed by atoms with E-state index in [1.54, 1.807) is 35.6 Å². The maximum atomic E-state index is 12.5. The zero-order chi connectivity index (χ0) is 18.9. The lowest BCUT2D eigenvalue weighted by atomic mass is 10.1. The molecule has 1 amide bonds. The Morgan fingerprint density at radius 1 is 1.15 bits per heavy atom. The highest BCUT2D eigenvalue weighted by atomic mass is 35.5. The number of rotatable bonds is 2. The van der Waals surface area contributed by atoms with Crippen LogP contribution in [0.3, 0.4) is 0 Å². The molecule has 0 unspecified atom stereocenters. The molecule has 0 atom stereocenters. The maximum Gasteiger partial charge on any atom is 0.288 e. The number of aromatic nitrogens is 3. The van der Waals surface area contributed by atoms with Crippen LogP contribution in [-0.4, -0.2) is 51.8 Å². The molecule has 138 valence electrons. The van der Waals surface area contributed by atoms with Crippen LogP contribution in [0.25, 0.3) is 0 Å². The molecule has 1 aliphatic rings. The van der Waals surface area contributed by atoms with Crippen molar-refractivity contribution < 1.29 is 4.79 Å². The highest BCUT2D eigenvalue weighted by Crippen LogP contribution is 2.24. The third kappa shape index (κ3) is 3.58. The van der Waals surface area contributed by atoms with E-state index in [0.717, 1.165) is 0 Å². The van der Waals surface area contributed by atoms with Gasteiger partial charge >= 0.3 is 0 Å². The molecule has 0 bridgehead atoms. The van der Waals surface area contributed by atoms with Gasteiger partial charge in [0.25, 0.3) is 11.5 Å². The predicted octanol–water partition coefficient (Wildman–Crippen LogP) is 2.01. The maximum absolute atomic E-state index is 12.5. The Hall–Kier alpha value is -2.41. The van der Waals surface area contributed by atoms with Crippen LogP contribution in [0.2, 0.25) is 5.02 Å². The van der Waals surface area contributed by atoms with Crippen molar-refractivity contribution in [3.05, 3.63) is 51.7 Å². The molecule has 7 nitrogen and oxygen atoms in total. The van der Waals surface area contributed by atoms with Gasteiger partial charge < -0.3 is 9.80 Å². The van der Waals surface area contributed by atoms with Gasteiger partial charge in [0.2, 0.25) is 0 Å². The van der Waals surface area contributed by atoms with E-state index >= 15 is 0 Å². The molecular weight excluding hydrogens is 354 g/mol. The predicted molar refractivity (Wildman–Crippen MR) is 101 cm³/mol. The first-order chi connectivity index (χ1) is 12.3. The van der Waals surface area contributed by atoms with E-state index < -0.39 is 5.54 Å². The van der Waals surface area contributed by atoms with Crippen LogP contribution < -0.4 is 10.5 Å². The Kier molecular flexibility index (Phi) is 5.00. The van der Waals surface area contributed by atoms with Crippen molar-refractivity contribution in [2.45, 2.75) is 26.3 Å². The van der Waals surface area contributed by atoms with E-state index in [1.807, 2.05) is 25.7 Å². The molecule has 0 saturated carbocycles. The molecule has 3 rings (SSSR count). The molecule has 1 fully saturated rings.